The van der Waals surface area contributed by atoms with Crippen molar-refractivity contribution in [1.29, 1.82) is 0 Å². The fourth-order valence-electron chi connectivity index (χ4n) is 1.31. The summed E-state index contributed by atoms with van der Waals surface area (Å²) in [5.41, 5.74) is -0.0670. The largest absolute Gasteiger partial charge is 0.420 e. The summed E-state index contributed by atoms with van der Waals surface area (Å²) in [7, 11) is 0. The maximum atomic E-state index is 13.8. The number of benzene rings is 1. The van der Waals surface area contributed by atoms with Crippen molar-refractivity contribution < 1.29 is 23.5 Å². The summed E-state index contributed by atoms with van der Waals surface area (Å²) in [6.07, 6.45) is -1.83. The second-order valence-electron chi connectivity index (χ2n) is 3.25. The summed E-state index contributed by atoms with van der Waals surface area (Å²) in [6.45, 7) is 0. The molecule has 2 rings (SSSR count). The first-order valence-corrected chi connectivity index (χ1v) is 5.68. The van der Waals surface area contributed by atoms with Gasteiger partial charge in [0.05, 0.1) is 15.1 Å². The van der Waals surface area contributed by atoms with Crippen molar-refractivity contribution in [2.24, 2.45) is 0 Å². The van der Waals surface area contributed by atoms with E-state index in [1.807, 2.05) is 0 Å². The van der Waals surface area contributed by atoms with Crippen LogP contribution < -0.4 is 0 Å². The van der Waals surface area contributed by atoms with Crippen LogP contribution in [0.15, 0.2) is 16.6 Å². The van der Waals surface area contributed by atoms with Crippen molar-refractivity contribution in [2.75, 3.05) is 0 Å². The predicted molar refractivity (Wildman–Crippen MR) is 58.7 cm³/mol. The average molecular weight is 324 g/mol. The average Bonchev–Trinajstić information content (AvgIpc) is 2.24. The first kappa shape index (κ1) is 12.3. The second-order valence-corrected chi connectivity index (χ2v) is 4.45. The van der Waals surface area contributed by atoms with Crippen LogP contribution in [0, 0.1) is 5.82 Å². The van der Waals surface area contributed by atoms with E-state index in [0.717, 1.165) is 0 Å². The van der Waals surface area contributed by atoms with Crippen LogP contribution in [0.2, 0.25) is 5.02 Å². The lowest BCUT2D eigenvalue weighted by Crippen LogP contribution is -2.27. The van der Waals surface area contributed by atoms with Gasteiger partial charge in [-0.25, -0.2) is 4.39 Å². The molecule has 90 valence electrons. The molecule has 1 aliphatic rings. The van der Waals surface area contributed by atoms with Crippen LogP contribution >= 0.6 is 27.5 Å². The molecule has 0 N–H and O–H groups in total. The minimum atomic E-state index is -1.36. The normalized spacial score (nSPS) is 16.6. The molecule has 1 aromatic carbocycles. The molecule has 0 aliphatic carbocycles. The standard InChI is InChI=1S/C10H5BrClFO4/c11-8-5(12)2-1-4(9(8)13)10-16-6(14)3-7(15)17-10/h1-2,10H,3H2. The molecule has 17 heavy (non-hydrogen) atoms. The van der Waals surface area contributed by atoms with E-state index in [4.69, 9.17) is 21.1 Å². The van der Waals surface area contributed by atoms with Crippen LogP contribution in [0.5, 0.6) is 0 Å². The molecule has 4 nitrogen and oxygen atoms in total. The SMILES string of the molecule is O=C1CC(=O)OC(c2ccc(Cl)c(Br)c2F)O1. The van der Waals surface area contributed by atoms with Gasteiger partial charge < -0.3 is 9.47 Å². The Morgan fingerprint density at radius 2 is 1.88 bits per heavy atom. The Morgan fingerprint density at radius 1 is 1.29 bits per heavy atom. The zero-order valence-electron chi connectivity index (χ0n) is 8.21. The topological polar surface area (TPSA) is 52.6 Å². The summed E-state index contributed by atoms with van der Waals surface area (Å²) >= 11 is 8.62. The summed E-state index contributed by atoms with van der Waals surface area (Å²) in [5.74, 6) is -2.24. The summed E-state index contributed by atoms with van der Waals surface area (Å²) in [4.78, 5) is 22.1. The lowest BCUT2D eigenvalue weighted by molar-refractivity contribution is -0.205. The van der Waals surface area contributed by atoms with E-state index in [0.29, 0.717) is 0 Å². The molecule has 7 heteroatoms. The Hall–Kier alpha value is -1.14. The molecular formula is C10H5BrClFO4. The van der Waals surface area contributed by atoms with Gasteiger partial charge in [0.2, 0.25) is 0 Å². The van der Waals surface area contributed by atoms with Crippen LogP contribution in [-0.4, -0.2) is 11.9 Å². The van der Waals surface area contributed by atoms with Gasteiger partial charge in [-0.15, -0.1) is 0 Å². The van der Waals surface area contributed by atoms with Crippen LogP contribution in [0.3, 0.4) is 0 Å². The minimum absolute atomic E-state index is 0.0225. The number of rotatable bonds is 1. The molecule has 0 bridgehead atoms. The molecule has 0 spiro atoms. The molecule has 1 aliphatic heterocycles. The zero-order valence-corrected chi connectivity index (χ0v) is 10.5. The number of cyclic esters (lactones) is 2. The Balaban J connectivity index is 2.37. The van der Waals surface area contributed by atoms with Gasteiger partial charge in [-0.1, -0.05) is 11.6 Å². The summed E-state index contributed by atoms with van der Waals surface area (Å²) < 4.78 is 23.3. The van der Waals surface area contributed by atoms with E-state index in [9.17, 15) is 14.0 Å². The smallest absolute Gasteiger partial charge is 0.320 e. The maximum absolute atomic E-state index is 13.8. The van der Waals surface area contributed by atoms with Crippen molar-refractivity contribution in [2.45, 2.75) is 12.7 Å². The number of carbonyl (C=O) groups excluding carboxylic acids is 2. The Bertz CT molecular complexity index is 489. The Morgan fingerprint density at radius 3 is 2.47 bits per heavy atom. The van der Waals surface area contributed by atoms with Gasteiger partial charge in [0.1, 0.15) is 12.2 Å². The highest BCUT2D eigenvalue weighted by Crippen LogP contribution is 2.33. The number of esters is 2. The van der Waals surface area contributed by atoms with E-state index in [2.05, 4.69) is 15.9 Å². The van der Waals surface area contributed by atoms with Crippen molar-refractivity contribution >= 4 is 39.5 Å². The monoisotopic (exact) mass is 322 g/mol. The number of hydrogen-bond acceptors (Lipinski definition) is 4. The lowest BCUT2D eigenvalue weighted by atomic mass is 10.2. The van der Waals surface area contributed by atoms with E-state index < -0.39 is 30.5 Å². The molecule has 1 aromatic rings. The third kappa shape index (κ3) is 2.42. The van der Waals surface area contributed by atoms with Crippen molar-refractivity contribution in [3.05, 3.63) is 33.0 Å². The highest BCUT2D eigenvalue weighted by molar-refractivity contribution is 9.10. The second kappa shape index (κ2) is 4.62. The molecular weight excluding hydrogens is 318 g/mol. The fourth-order valence-corrected chi connectivity index (χ4v) is 1.82. The summed E-state index contributed by atoms with van der Waals surface area (Å²) in [5, 5.41) is 0.166. The Kier molecular flexibility index (Phi) is 3.35. The van der Waals surface area contributed by atoms with Crippen LogP contribution in [-0.2, 0) is 19.1 Å². The van der Waals surface area contributed by atoms with Crippen LogP contribution in [0.1, 0.15) is 18.3 Å². The van der Waals surface area contributed by atoms with Crippen LogP contribution in [0.4, 0.5) is 4.39 Å². The molecule has 1 heterocycles. The van der Waals surface area contributed by atoms with E-state index >= 15 is 0 Å². The minimum Gasteiger partial charge on any atom is -0.420 e. The summed E-state index contributed by atoms with van der Waals surface area (Å²) in [6, 6.07) is 2.69. The molecule has 1 saturated heterocycles. The number of ether oxygens (including phenoxy) is 2. The van der Waals surface area contributed by atoms with Gasteiger partial charge in [-0.3, -0.25) is 9.59 Å². The van der Waals surface area contributed by atoms with Gasteiger partial charge >= 0.3 is 11.9 Å². The number of halogens is 3. The molecule has 0 atom stereocenters. The first-order valence-electron chi connectivity index (χ1n) is 4.51. The molecule has 0 amide bonds. The van der Waals surface area contributed by atoms with Gasteiger partial charge in [0, 0.05) is 0 Å². The molecule has 1 fully saturated rings. The van der Waals surface area contributed by atoms with E-state index in [1.54, 1.807) is 0 Å². The van der Waals surface area contributed by atoms with Gasteiger partial charge in [-0.05, 0) is 28.1 Å². The lowest BCUT2D eigenvalue weighted by Gasteiger charge is -2.23. The number of carbonyl (C=O) groups is 2. The van der Waals surface area contributed by atoms with Crippen molar-refractivity contribution in [3.8, 4) is 0 Å². The maximum Gasteiger partial charge on any atom is 0.320 e. The third-order valence-corrected chi connectivity index (χ3v) is 3.40. The van der Waals surface area contributed by atoms with Crippen LogP contribution in [0.25, 0.3) is 0 Å². The van der Waals surface area contributed by atoms with Gasteiger partial charge in [0.25, 0.3) is 6.29 Å². The van der Waals surface area contributed by atoms with E-state index in [1.165, 1.54) is 12.1 Å². The predicted octanol–water partition coefficient (Wildman–Crippen LogP) is 2.73. The molecule has 0 unspecified atom stereocenters. The zero-order chi connectivity index (χ0) is 12.6. The molecule has 0 aromatic heterocycles. The quantitative estimate of drug-likeness (QED) is 0.453. The third-order valence-electron chi connectivity index (χ3n) is 2.08. The molecule has 0 saturated carbocycles. The molecule has 0 radical (unpaired) electrons. The highest BCUT2D eigenvalue weighted by Gasteiger charge is 2.31. The highest BCUT2D eigenvalue weighted by atomic mass is 79.9. The van der Waals surface area contributed by atoms with E-state index in [-0.39, 0.29) is 15.1 Å². The fraction of sp³-hybridized carbons (Fsp3) is 0.200. The Labute approximate surface area is 109 Å². The van der Waals surface area contributed by atoms with Crippen molar-refractivity contribution in [3.63, 3.8) is 0 Å². The first-order chi connectivity index (χ1) is 7.99. The van der Waals surface area contributed by atoms with Crippen molar-refractivity contribution in [1.82, 2.24) is 0 Å². The van der Waals surface area contributed by atoms with Gasteiger partial charge in [-0.2, -0.15) is 0 Å². The number of hydrogen-bond donors (Lipinski definition) is 0. The van der Waals surface area contributed by atoms with Gasteiger partial charge in [0.15, 0.2) is 0 Å².